The zero-order valence-corrected chi connectivity index (χ0v) is 12.2. The van der Waals surface area contributed by atoms with Crippen molar-refractivity contribution in [2.75, 3.05) is 6.54 Å². The summed E-state index contributed by atoms with van der Waals surface area (Å²) in [5.74, 6) is -1.32. The Morgan fingerprint density at radius 3 is 2.45 bits per heavy atom. The van der Waals surface area contributed by atoms with E-state index in [1.807, 2.05) is 0 Å². The fourth-order valence-corrected chi connectivity index (χ4v) is 2.00. The molecule has 0 unspecified atom stereocenters. The molecule has 2 aromatic rings. The smallest absolute Gasteiger partial charge is 0.335 e. The molecule has 2 rings (SSSR count). The van der Waals surface area contributed by atoms with Crippen LogP contribution in [0.2, 0.25) is 5.02 Å². The summed E-state index contributed by atoms with van der Waals surface area (Å²) in [6.07, 6.45) is 1.86. The van der Waals surface area contributed by atoms with Crippen LogP contribution in [0.15, 0.2) is 41.3 Å². The molecule has 114 valence electrons. The lowest BCUT2D eigenvalue weighted by atomic mass is 10.1. The molecule has 0 saturated carbocycles. The molecule has 0 bridgehead atoms. The molecule has 0 atom stereocenters. The minimum Gasteiger partial charge on any atom is -0.478 e. The van der Waals surface area contributed by atoms with Gasteiger partial charge in [-0.3, -0.25) is 9.59 Å². The largest absolute Gasteiger partial charge is 0.478 e. The van der Waals surface area contributed by atoms with Gasteiger partial charge >= 0.3 is 5.97 Å². The number of hydrogen-bond acceptors (Lipinski definition) is 3. The number of H-pyrrole nitrogens is 1. The standard InChI is InChI=1S/C15H13ClN2O4/c16-12-7-11(8-18-14(12)20)13(19)17-6-5-9-1-3-10(4-2-9)15(21)22/h1-4,7-8H,5-6H2,(H,17,19)(H,18,20)(H,21,22). The molecule has 1 heterocycles. The highest BCUT2D eigenvalue weighted by atomic mass is 35.5. The Kier molecular flexibility index (Phi) is 4.95. The molecule has 3 N–H and O–H groups in total. The first kappa shape index (κ1) is 15.8. The minimum absolute atomic E-state index is 0.0445. The number of carboxylic acids is 1. The molecule has 1 aromatic heterocycles. The van der Waals surface area contributed by atoms with Gasteiger partial charge in [-0.25, -0.2) is 4.79 Å². The van der Waals surface area contributed by atoms with E-state index >= 15 is 0 Å². The first-order chi connectivity index (χ1) is 10.5. The summed E-state index contributed by atoms with van der Waals surface area (Å²) >= 11 is 5.66. The van der Waals surface area contributed by atoms with Crippen molar-refractivity contribution in [3.05, 3.63) is 68.6 Å². The summed E-state index contributed by atoms with van der Waals surface area (Å²) in [6, 6.07) is 7.73. The zero-order chi connectivity index (χ0) is 16.1. The highest BCUT2D eigenvalue weighted by Gasteiger charge is 2.07. The van der Waals surface area contributed by atoms with Crippen molar-refractivity contribution in [1.82, 2.24) is 10.3 Å². The van der Waals surface area contributed by atoms with Crippen LogP contribution in [0.5, 0.6) is 0 Å². The highest BCUT2D eigenvalue weighted by Crippen LogP contribution is 2.06. The molecule has 0 radical (unpaired) electrons. The molecule has 0 aliphatic heterocycles. The summed E-state index contributed by atoms with van der Waals surface area (Å²) in [7, 11) is 0. The van der Waals surface area contributed by atoms with Gasteiger partial charge in [-0.05, 0) is 30.2 Å². The number of benzene rings is 1. The monoisotopic (exact) mass is 320 g/mol. The van der Waals surface area contributed by atoms with E-state index in [0.717, 1.165) is 5.56 Å². The second kappa shape index (κ2) is 6.91. The van der Waals surface area contributed by atoms with Crippen LogP contribution in [0.1, 0.15) is 26.3 Å². The second-order valence-corrected chi connectivity index (χ2v) is 4.98. The van der Waals surface area contributed by atoms with Crippen molar-refractivity contribution in [3.8, 4) is 0 Å². The van der Waals surface area contributed by atoms with Crippen LogP contribution in [-0.4, -0.2) is 28.5 Å². The maximum atomic E-state index is 11.9. The van der Waals surface area contributed by atoms with Crippen molar-refractivity contribution in [1.29, 1.82) is 0 Å². The van der Waals surface area contributed by atoms with Crippen molar-refractivity contribution < 1.29 is 14.7 Å². The van der Waals surface area contributed by atoms with Crippen molar-refractivity contribution in [3.63, 3.8) is 0 Å². The van der Waals surface area contributed by atoms with Crippen LogP contribution in [0.25, 0.3) is 0 Å². The number of carboxylic acid groups (broad SMARTS) is 1. The summed E-state index contributed by atoms with van der Waals surface area (Å²) in [5, 5.41) is 11.5. The Morgan fingerprint density at radius 2 is 1.86 bits per heavy atom. The number of carbonyl (C=O) groups excluding carboxylic acids is 1. The number of halogens is 1. The summed E-state index contributed by atoms with van der Waals surface area (Å²) in [6.45, 7) is 0.377. The SMILES string of the molecule is O=C(O)c1ccc(CCNC(=O)c2c[nH]c(=O)c(Cl)c2)cc1. The van der Waals surface area contributed by atoms with E-state index in [1.54, 1.807) is 12.1 Å². The van der Waals surface area contributed by atoms with E-state index in [0.29, 0.717) is 13.0 Å². The predicted octanol–water partition coefficient (Wildman–Crippen LogP) is 1.70. The lowest BCUT2D eigenvalue weighted by Gasteiger charge is -2.06. The van der Waals surface area contributed by atoms with Crippen molar-refractivity contribution in [2.45, 2.75) is 6.42 Å². The highest BCUT2D eigenvalue weighted by molar-refractivity contribution is 6.30. The number of rotatable bonds is 5. The third-order valence-corrected chi connectivity index (χ3v) is 3.30. The van der Waals surface area contributed by atoms with E-state index in [4.69, 9.17) is 16.7 Å². The van der Waals surface area contributed by atoms with E-state index in [-0.39, 0.29) is 22.1 Å². The normalized spacial score (nSPS) is 10.2. The molecule has 0 saturated heterocycles. The fourth-order valence-electron chi connectivity index (χ4n) is 1.82. The molecule has 0 aliphatic carbocycles. The summed E-state index contributed by atoms with van der Waals surface area (Å²) in [5.41, 5.74) is 0.947. The fraction of sp³-hybridized carbons (Fsp3) is 0.133. The maximum absolute atomic E-state index is 11.9. The Morgan fingerprint density at radius 1 is 1.18 bits per heavy atom. The number of aromatic carboxylic acids is 1. The maximum Gasteiger partial charge on any atom is 0.335 e. The minimum atomic E-state index is -0.977. The molecule has 0 fully saturated rings. The number of aromatic amines is 1. The quantitative estimate of drug-likeness (QED) is 0.780. The molecule has 22 heavy (non-hydrogen) atoms. The average molecular weight is 321 g/mol. The molecule has 1 aromatic carbocycles. The third kappa shape index (κ3) is 3.95. The molecular weight excluding hydrogens is 308 g/mol. The average Bonchev–Trinajstić information content (AvgIpc) is 2.50. The molecule has 6 nitrogen and oxygen atoms in total. The van der Waals surface area contributed by atoms with E-state index in [1.165, 1.54) is 24.4 Å². The van der Waals surface area contributed by atoms with E-state index in [9.17, 15) is 14.4 Å². The molecule has 7 heteroatoms. The molecule has 1 amide bonds. The number of hydrogen-bond donors (Lipinski definition) is 3. The van der Waals surface area contributed by atoms with Crippen LogP contribution >= 0.6 is 11.6 Å². The van der Waals surface area contributed by atoms with E-state index in [2.05, 4.69) is 10.3 Å². The van der Waals surface area contributed by atoms with Crippen LogP contribution in [-0.2, 0) is 6.42 Å². The predicted molar refractivity (Wildman–Crippen MR) is 81.5 cm³/mol. The Bertz CT molecular complexity index is 753. The topological polar surface area (TPSA) is 99.3 Å². The van der Waals surface area contributed by atoms with Gasteiger partial charge < -0.3 is 15.4 Å². The van der Waals surface area contributed by atoms with Gasteiger partial charge in [0.25, 0.3) is 11.5 Å². The van der Waals surface area contributed by atoms with Crippen LogP contribution in [0.4, 0.5) is 0 Å². The zero-order valence-electron chi connectivity index (χ0n) is 11.4. The van der Waals surface area contributed by atoms with Crippen molar-refractivity contribution >= 4 is 23.5 Å². The second-order valence-electron chi connectivity index (χ2n) is 4.57. The lowest BCUT2D eigenvalue weighted by molar-refractivity contribution is 0.0696. The van der Waals surface area contributed by atoms with E-state index < -0.39 is 11.5 Å². The summed E-state index contributed by atoms with van der Waals surface area (Å²) in [4.78, 5) is 36.1. The molecule has 0 aliphatic rings. The van der Waals surface area contributed by atoms with Crippen LogP contribution in [0.3, 0.4) is 0 Å². The van der Waals surface area contributed by atoms with Gasteiger partial charge in [0.05, 0.1) is 11.1 Å². The van der Waals surface area contributed by atoms with Gasteiger partial charge in [0.15, 0.2) is 0 Å². The first-order valence-electron chi connectivity index (χ1n) is 6.46. The number of pyridine rings is 1. The van der Waals surface area contributed by atoms with Crippen LogP contribution < -0.4 is 10.9 Å². The first-order valence-corrected chi connectivity index (χ1v) is 6.84. The third-order valence-electron chi connectivity index (χ3n) is 3.02. The van der Waals surface area contributed by atoms with Gasteiger partial charge in [0, 0.05) is 12.7 Å². The summed E-state index contributed by atoms with van der Waals surface area (Å²) < 4.78 is 0. The number of aromatic nitrogens is 1. The Hall–Kier alpha value is -2.60. The number of carbonyl (C=O) groups is 2. The Labute approximate surface area is 130 Å². The van der Waals surface area contributed by atoms with Gasteiger partial charge in [-0.15, -0.1) is 0 Å². The van der Waals surface area contributed by atoms with Gasteiger partial charge in [0.2, 0.25) is 0 Å². The lowest BCUT2D eigenvalue weighted by Crippen LogP contribution is -2.26. The van der Waals surface area contributed by atoms with Gasteiger partial charge in [-0.1, -0.05) is 23.7 Å². The van der Waals surface area contributed by atoms with Gasteiger partial charge in [-0.2, -0.15) is 0 Å². The van der Waals surface area contributed by atoms with Crippen molar-refractivity contribution in [2.24, 2.45) is 0 Å². The number of nitrogens with one attached hydrogen (secondary N) is 2. The van der Waals surface area contributed by atoms with Crippen LogP contribution in [0, 0.1) is 0 Å². The van der Waals surface area contributed by atoms with Gasteiger partial charge in [0.1, 0.15) is 5.02 Å². The Balaban J connectivity index is 1.90. The number of amides is 1. The molecule has 0 spiro atoms. The molecular formula is C15H13ClN2O4.